The number of para-hydroxylation sites is 1. The molecule has 32 heavy (non-hydrogen) atoms. The van der Waals surface area contributed by atoms with Crippen LogP contribution in [0.25, 0.3) is 0 Å². The number of piperidine rings is 1. The van der Waals surface area contributed by atoms with Crippen molar-refractivity contribution in [1.82, 2.24) is 15.1 Å². The number of likely N-dealkylation sites (tertiary alicyclic amines) is 1. The molecular weight excluding hydrogens is 422 g/mol. The molecule has 0 aliphatic carbocycles. The van der Waals surface area contributed by atoms with Crippen LogP contribution in [0.5, 0.6) is 0 Å². The lowest BCUT2D eigenvalue weighted by Crippen LogP contribution is -2.38. The molecule has 1 N–H and O–H groups in total. The summed E-state index contributed by atoms with van der Waals surface area (Å²) in [5.41, 5.74) is 3.50. The van der Waals surface area contributed by atoms with Crippen LogP contribution in [-0.4, -0.2) is 54.1 Å². The van der Waals surface area contributed by atoms with Crippen molar-refractivity contribution >= 4 is 34.5 Å². The van der Waals surface area contributed by atoms with E-state index in [1.807, 2.05) is 79.3 Å². The summed E-state index contributed by atoms with van der Waals surface area (Å²) >= 11 is 1.34. The smallest absolute Gasteiger partial charge is 0.286 e. The summed E-state index contributed by atoms with van der Waals surface area (Å²) in [6, 6.07) is 15.3. The number of hydrogen-bond donors (Lipinski definition) is 1. The Hall–Kier alpha value is -3.26. The first-order valence-electron chi connectivity index (χ1n) is 10.7. The SMILES string of the molecule is Cc1ccccc1NC(=O)c1nnc(C2CCN(C(=O)c3cccc(N(C)C)c3)CC2)s1. The number of anilines is 2. The molecule has 1 aliphatic heterocycles. The predicted molar refractivity (Wildman–Crippen MR) is 128 cm³/mol. The van der Waals surface area contributed by atoms with Crippen LogP contribution >= 0.6 is 11.3 Å². The van der Waals surface area contributed by atoms with E-state index in [2.05, 4.69) is 15.5 Å². The van der Waals surface area contributed by atoms with Gasteiger partial charge in [0.15, 0.2) is 0 Å². The molecule has 2 heterocycles. The molecule has 1 fully saturated rings. The minimum atomic E-state index is -0.239. The second-order valence-corrected chi connectivity index (χ2v) is 9.23. The standard InChI is InChI=1S/C24H27N5O2S/c1-16-7-4-5-10-20(16)25-21(30)23-27-26-22(32-23)17-11-13-29(14-12-17)24(31)18-8-6-9-19(15-18)28(2)3/h4-10,15,17H,11-14H2,1-3H3,(H,25,30). The molecule has 2 aromatic carbocycles. The van der Waals surface area contributed by atoms with E-state index < -0.39 is 0 Å². The van der Waals surface area contributed by atoms with Crippen molar-refractivity contribution in [3.05, 3.63) is 69.7 Å². The average molecular weight is 450 g/mol. The number of nitrogens with zero attached hydrogens (tertiary/aromatic N) is 4. The first-order valence-corrected chi connectivity index (χ1v) is 11.5. The Morgan fingerprint density at radius 3 is 2.53 bits per heavy atom. The summed E-state index contributed by atoms with van der Waals surface area (Å²) in [4.78, 5) is 29.4. The fraction of sp³-hybridized carbons (Fsp3) is 0.333. The van der Waals surface area contributed by atoms with E-state index in [0.29, 0.717) is 23.7 Å². The second kappa shape index (κ2) is 9.48. The number of nitrogens with one attached hydrogen (secondary N) is 1. The molecule has 8 heteroatoms. The molecule has 0 spiro atoms. The maximum absolute atomic E-state index is 12.9. The van der Waals surface area contributed by atoms with Crippen LogP contribution in [-0.2, 0) is 0 Å². The first-order chi connectivity index (χ1) is 15.4. The van der Waals surface area contributed by atoms with Crippen molar-refractivity contribution in [3.8, 4) is 0 Å². The van der Waals surface area contributed by atoms with Gasteiger partial charge >= 0.3 is 0 Å². The van der Waals surface area contributed by atoms with Crippen LogP contribution in [0, 0.1) is 6.92 Å². The minimum Gasteiger partial charge on any atom is -0.378 e. The van der Waals surface area contributed by atoms with E-state index in [1.54, 1.807) is 0 Å². The van der Waals surface area contributed by atoms with Crippen LogP contribution in [0.2, 0.25) is 0 Å². The van der Waals surface area contributed by atoms with Gasteiger partial charge in [0.2, 0.25) is 5.01 Å². The highest BCUT2D eigenvalue weighted by molar-refractivity contribution is 7.13. The highest BCUT2D eigenvalue weighted by Gasteiger charge is 2.27. The molecule has 4 rings (SSSR count). The number of carbonyl (C=O) groups excluding carboxylic acids is 2. The van der Waals surface area contributed by atoms with Gasteiger partial charge in [0.05, 0.1) is 0 Å². The van der Waals surface area contributed by atoms with E-state index in [9.17, 15) is 9.59 Å². The Labute approximate surface area is 192 Å². The van der Waals surface area contributed by atoms with Crippen molar-refractivity contribution < 1.29 is 9.59 Å². The normalized spacial score (nSPS) is 14.3. The minimum absolute atomic E-state index is 0.0581. The van der Waals surface area contributed by atoms with Gasteiger partial charge in [-0.2, -0.15) is 0 Å². The fourth-order valence-electron chi connectivity index (χ4n) is 3.81. The third-order valence-electron chi connectivity index (χ3n) is 5.77. The largest absolute Gasteiger partial charge is 0.378 e. The van der Waals surface area contributed by atoms with Crippen LogP contribution in [0.4, 0.5) is 11.4 Å². The average Bonchev–Trinajstić information content (AvgIpc) is 3.31. The topological polar surface area (TPSA) is 78.4 Å². The molecule has 7 nitrogen and oxygen atoms in total. The third kappa shape index (κ3) is 4.80. The molecule has 2 amide bonds. The number of hydrogen-bond acceptors (Lipinski definition) is 6. The van der Waals surface area contributed by atoms with Gasteiger partial charge in [-0.05, 0) is 49.6 Å². The van der Waals surface area contributed by atoms with Crippen LogP contribution in [0.15, 0.2) is 48.5 Å². The lowest BCUT2D eigenvalue weighted by molar-refractivity contribution is 0.0712. The molecule has 1 aliphatic rings. The van der Waals surface area contributed by atoms with Crippen molar-refractivity contribution in [1.29, 1.82) is 0 Å². The highest BCUT2D eigenvalue weighted by atomic mass is 32.1. The van der Waals surface area contributed by atoms with E-state index in [4.69, 9.17) is 0 Å². The quantitative estimate of drug-likeness (QED) is 0.632. The van der Waals surface area contributed by atoms with Gasteiger partial charge in [0.1, 0.15) is 5.01 Å². The van der Waals surface area contributed by atoms with Crippen molar-refractivity contribution in [2.75, 3.05) is 37.4 Å². The highest BCUT2D eigenvalue weighted by Crippen LogP contribution is 2.31. The summed E-state index contributed by atoms with van der Waals surface area (Å²) in [5.74, 6) is 0.0313. The summed E-state index contributed by atoms with van der Waals surface area (Å²) in [6.07, 6.45) is 1.63. The van der Waals surface area contributed by atoms with Crippen molar-refractivity contribution in [2.45, 2.75) is 25.7 Å². The number of rotatable bonds is 5. The zero-order valence-corrected chi connectivity index (χ0v) is 19.4. The van der Waals surface area contributed by atoms with Crippen LogP contribution < -0.4 is 10.2 Å². The van der Waals surface area contributed by atoms with Gasteiger partial charge in [-0.3, -0.25) is 9.59 Å². The third-order valence-corrected chi connectivity index (χ3v) is 6.85. The lowest BCUT2D eigenvalue weighted by Gasteiger charge is -2.31. The lowest BCUT2D eigenvalue weighted by atomic mass is 9.97. The molecule has 0 radical (unpaired) electrons. The maximum atomic E-state index is 12.9. The van der Waals surface area contributed by atoms with E-state index in [0.717, 1.165) is 34.8 Å². The Kier molecular flexibility index (Phi) is 6.50. The monoisotopic (exact) mass is 449 g/mol. The Bertz CT molecular complexity index is 1120. The number of benzene rings is 2. The van der Waals surface area contributed by atoms with E-state index in [1.165, 1.54) is 11.3 Å². The fourth-order valence-corrected chi connectivity index (χ4v) is 4.72. The second-order valence-electron chi connectivity index (χ2n) is 8.23. The van der Waals surface area contributed by atoms with Crippen molar-refractivity contribution in [2.24, 2.45) is 0 Å². The number of aryl methyl sites for hydroxylation is 1. The molecule has 0 saturated carbocycles. The summed E-state index contributed by atoms with van der Waals surface area (Å²) in [5, 5.41) is 12.5. The summed E-state index contributed by atoms with van der Waals surface area (Å²) in [6.45, 7) is 3.28. The zero-order chi connectivity index (χ0) is 22.7. The Balaban J connectivity index is 1.36. The maximum Gasteiger partial charge on any atom is 0.286 e. The first kappa shape index (κ1) is 22.0. The van der Waals surface area contributed by atoms with Crippen molar-refractivity contribution in [3.63, 3.8) is 0 Å². The molecule has 1 aromatic heterocycles. The molecule has 0 unspecified atom stereocenters. The molecule has 0 bridgehead atoms. The van der Waals surface area contributed by atoms with Gasteiger partial charge in [0.25, 0.3) is 11.8 Å². The van der Waals surface area contributed by atoms with E-state index >= 15 is 0 Å². The van der Waals surface area contributed by atoms with Gasteiger partial charge in [-0.1, -0.05) is 35.6 Å². The molecular formula is C24H27N5O2S. The number of carbonyl (C=O) groups is 2. The van der Waals surface area contributed by atoms with Crippen LogP contribution in [0.3, 0.4) is 0 Å². The zero-order valence-electron chi connectivity index (χ0n) is 18.5. The summed E-state index contributed by atoms with van der Waals surface area (Å²) in [7, 11) is 3.93. The molecule has 3 aromatic rings. The van der Waals surface area contributed by atoms with E-state index in [-0.39, 0.29) is 17.7 Å². The van der Waals surface area contributed by atoms with Gasteiger partial charge in [-0.25, -0.2) is 0 Å². The van der Waals surface area contributed by atoms with Crippen LogP contribution in [0.1, 0.15) is 49.5 Å². The van der Waals surface area contributed by atoms with Gasteiger partial charge in [-0.15, -0.1) is 10.2 Å². The van der Waals surface area contributed by atoms with Gasteiger partial charge in [0, 0.05) is 50.0 Å². The number of aromatic nitrogens is 2. The molecule has 1 saturated heterocycles. The molecule has 166 valence electrons. The Morgan fingerprint density at radius 1 is 1.06 bits per heavy atom. The van der Waals surface area contributed by atoms with Gasteiger partial charge < -0.3 is 15.1 Å². The summed E-state index contributed by atoms with van der Waals surface area (Å²) < 4.78 is 0. The molecule has 0 atom stereocenters. The Morgan fingerprint density at radius 2 is 1.81 bits per heavy atom. The number of amides is 2. The predicted octanol–water partition coefficient (Wildman–Crippen LogP) is 4.18.